The Balaban J connectivity index is 2.07. The SMILES string of the molecule is [C-]#[N+]c1nn(C(C)C)c2ccc(B3OC(C)(C)C(C)(C)O3)cc12. The maximum atomic E-state index is 7.37. The van der Waals surface area contributed by atoms with E-state index in [1.165, 1.54) is 0 Å². The molecule has 2 heterocycles. The van der Waals surface area contributed by atoms with Gasteiger partial charge in [0.05, 0.1) is 22.8 Å². The third kappa shape index (κ3) is 2.45. The summed E-state index contributed by atoms with van der Waals surface area (Å²) in [6.45, 7) is 19.6. The van der Waals surface area contributed by atoms with Crippen LogP contribution in [0.5, 0.6) is 0 Å². The third-order valence-corrected chi connectivity index (χ3v) is 4.83. The number of fused-ring (bicyclic) bond motifs is 1. The highest BCUT2D eigenvalue weighted by atomic mass is 16.7. The van der Waals surface area contributed by atoms with Crippen molar-refractivity contribution in [2.24, 2.45) is 0 Å². The molecule has 0 saturated carbocycles. The lowest BCUT2D eigenvalue weighted by molar-refractivity contribution is 0.00578. The van der Waals surface area contributed by atoms with Crippen LogP contribution in [0.25, 0.3) is 15.7 Å². The van der Waals surface area contributed by atoms with Crippen molar-refractivity contribution in [1.29, 1.82) is 0 Å². The maximum absolute atomic E-state index is 7.37. The van der Waals surface area contributed by atoms with Crippen molar-refractivity contribution in [1.82, 2.24) is 9.78 Å². The first-order chi connectivity index (χ1) is 10.7. The van der Waals surface area contributed by atoms with Crippen LogP contribution in [0.2, 0.25) is 0 Å². The predicted molar refractivity (Wildman–Crippen MR) is 92.1 cm³/mol. The lowest BCUT2D eigenvalue weighted by Crippen LogP contribution is -2.41. The second kappa shape index (κ2) is 5.08. The van der Waals surface area contributed by atoms with Crippen LogP contribution in [0, 0.1) is 6.57 Å². The molecule has 0 spiro atoms. The summed E-state index contributed by atoms with van der Waals surface area (Å²) in [4.78, 5) is 3.56. The first-order valence-corrected chi connectivity index (χ1v) is 7.91. The number of aromatic nitrogens is 2. The van der Waals surface area contributed by atoms with Crippen LogP contribution in [-0.4, -0.2) is 28.1 Å². The van der Waals surface area contributed by atoms with Crippen molar-refractivity contribution in [2.45, 2.75) is 58.8 Å². The summed E-state index contributed by atoms with van der Waals surface area (Å²) in [6, 6.07) is 6.17. The summed E-state index contributed by atoms with van der Waals surface area (Å²) in [6.07, 6.45) is 0. The van der Waals surface area contributed by atoms with E-state index < -0.39 is 7.12 Å². The standard InChI is InChI=1S/C17H22BN3O2/c1-11(2)21-14-9-8-12(10-13(14)15(19-7)20-21)18-22-16(3,4)17(5,6)23-18/h8-11H,1-6H3. The molecule has 1 aromatic heterocycles. The monoisotopic (exact) mass is 311 g/mol. The molecular weight excluding hydrogens is 289 g/mol. The summed E-state index contributed by atoms with van der Waals surface area (Å²) in [5.41, 5.74) is 1.13. The van der Waals surface area contributed by atoms with Gasteiger partial charge in [0.2, 0.25) is 0 Å². The minimum Gasteiger partial charge on any atom is -0.399 e. The Morgan fingerprint density at radius 1 is 1.17 bits per heavy atom. The Morgan fingerprint density at radius 3 is 2.30 bits per heavy atom. The average molecular weight is 311 g/mol. The third-order valence-electron chi connectivity index (χ3n) is 4.83. The van der Waals surface area contributed by atoms with E-state index in [-0.39, 0.29) is 17.2 Å². The summed E-state index contributed by atoms with van der Waals surface area (Å²) in [5.74, 6) is 0.423. The summed E-state index contributed by atoms with van der Waals surface area (Å²) in [7, 11) is -0.426. The molecule has 23 heavy (non-hydrogen) atoms. The van der Waals surface area contributed by atoms with Gasteiger partial charge in [0, 0.05) is 5.39 Å². The fourth-order valence-electron chi connectivity index (χ4n) is 2.74. The van der Waals surface area contributed by atoms with Gasteiger partial charge in [0.15, 0.2) is 0 Å². The maximum Gasteiger partial charge on any atom is 0.494 e. The fourth-order valence-corrected chi connectivity index (χ4v) is 2.74. The number of hydrogen-bond acceptors (Lipinski definition) is 3. The summed E-state index contributed by atoms with van der Waals surface area (Å²) in [5, 5.41) is 5.26. The number of rotatable bonds is 2. The molecule has 0 aliphatic carbocycles. The van der Waals surface area contributed by atoms with Gasteiger partial charge in [-0.15, -0.1) is 0 Å². The molecule has 0 atom stereocenters. The first-order valence-electron chi connectivity index (χ1n) is 7.91. The molecule has 5 nitrogen and oxygen atoms in total. The molecule has 1 saturated heterocycles. The van der Waals surface area contributed by atoms with Gasteiger partial charge in [-0.25, -0.2) is 0 Å². The Bertz CT molecular complexity index is 786. The van der Waals surface area contributed by atoms with Crippen LogP contribution in [0.15, 0.2) is 18.2 Å². The van der Waals surface area contributed by atoms with Crippen molar-refractivity contribution in [3.05, 3.63) is 29.6 Å². The lowest BCUT2D eigenvalue weighted by Gasteiger charge is -2.32. The van der Waals surface area contributed by atoms with Gasteiger partial charge in [-0.05, 0) is 58.2 Å². The number of hydrogen-bond donors (Lipinski definition) is 0. The van der Waals surface area contributed by atoms with Gasteiger partial charge in [-0.3, -0.25) is 0 Å². The van der Waals surface area contributed by atoms with Crippen molar-refractivity contribution in [3.8, 4) is 0 Å². The van der Waals surface area contributed by atoms with Crippen molar-refractivity contribution in [3.63, 3.8) is 0 Å². The van der Waals surface area contributed by atoms with Crippen LogP contribution in [0.3, 0.4) is 0 Å². The van der Waals surface area contributed by atoms with E-state index in [0.29, 0.717) is 5.82 Å². The minimum absolute atomic E-state index is 0.204. The zero-order valence-electron chi connectivity index (χ0n) is 14.5. The van der Waals surface area contributed by atoms with Crippen LogP contribution in [-0.2, 0) is 9.31 Å². The summed E-state index contributed by atoms with van der Waals surface area (Å²) < 4.78 is 14.1. The second-order valence-electron chi connectivity index (χ2n) is 7.34. The van der Waals surface area contributed by atoms with Crippen LogP contribution >= 0.6 is 0 Å². The molecule has 120 valence electrons. The molecule has 0 amide bonds. The van der Waals surface area contributed by atoms with Crippen LogP contribution < -0.4 is 5.46 Å². The molecule has 0 N–H and O–H groups in total. The largest absolute Gasteiger partial charge is 0.494 e. The molecule has 1 aliphatic heterocycles. The predicted octanol–water partition coefficient (Wildman–Crippen LogP) is 3.47. The second-order valence-corrected chi connectivity index (χ2v) is 7.34. The average Bonchev–Trinajstić information content (AvgIpc) is 2.93. The highest BCUT2D eigenvalue weighted by molar-refractivity contribution is 6.62. The topological polar surface area (TPSA) is 40.6 Å². The Labute approximate surface area is 137 Å². The smallest absolute Gasteiger partial charge is 0.399 e. The van der Waals surface area contributed by atoms with Gasteiger partial charge in [0.1, 0.15) is 0 Å². The number of nitrogens with zero attached hydrogens (tertiary/aromatic N) is 3. The van der Waals surface area contributed by atoms with Gasteiger partial charge >= 0.3 is 12.9 Å². The van der Waals surface area contributed by atoms with E-state index in [1.807, 2.05) is 50.6 Å². The quantitative estimate of drug-likeness (QED) is 0.630. The van der Waals surface area contributed by atoms with E-state index in [1.54, 1.807) is 0 Å². The molecule has 1 aliphatic rings. The Hall–Kier alpha value is -1.84. The van der Waals surface area contributed by atoms with Crippen LogP contribution in [0.1, 0.15) is 47.6 Å². The molecule has 1 aromatic carbocycles. The van der Waals surface area contributed by atoms with E-state index in [2.05, 4.69) is 23.8 Å². The normalized spacial score (nSPS) is 19.5. The van der Waals surface area contributed by atoms with Crippen molar-refractivity contribution < 1.29 is 9.31 Å². The molecule has 2 aromatic rings. The lowest BCUT2D eigenvalue weighted by atomic mass is 9.78. The first kappa shape index (κ1) is 16.0. The van der Waals surface area contributed by atoms with Crippen LogP contribution in [0.4, 0.5) is 5.82 Å². The highest BCUT2D eigenvalue weighted by Crippen LogP contribution is 2.37. The Kier molecular flexibility index (Phi) is 3.55. The minimum atomic E-state index is -0.426. The molecule has 0 bridgehead atoms. The van der Waals surface area contributed by atoms with E-state index in [9.17, 15) is 0 Å². The van der Waals surface area contributed by atoms with Gasteiger partial charge in [-0.1, -0.05) is 18.7 Å². The van der Waals surface area contributed by atoms with E-state index in [0.717, 1.165) is 16.4 Å². The van der Waals surface area contributed by atoms with Crippen molar-refractivity contribution >= 4 is 29.3 Å². The highest BCUT2D eigenvalue weighted by Gasteiger charge is 2.51. The molecule has 3 rings (SSSR count). The molecular formula is C17H22BN3O2. The number of benzene rings is 1. The van der Waals surface area contributed by atoms with Gasteiger partial charge < -0.3 is 14.2 Å². The zero-order chi connectivity index (χ0) is 17.0. The zero-order valence-corrected chi connectivity index (χ0v) is 14.5. The fraction of sp³-hybridized carbons (Fsp3) is 0.529. The van der Waals surface area contributed by atoms with E-state index in [4.69, 9.17) is 15.9 Å². The molecule has 0 radical (unpaired) electrons. The molecule has 6 heteroatoms. The van der Waals surface area contributed by atoms with Crippen molar-refractivity contribution in [2.75, 3.05) is 0 Å². The summed E-state index contributed by atoms with van der Waals surface area (Å²) >= 11 is 0. The van der Waals surface area contributed by atoms with Gasteiger partial charge in [-0.2, -0.15) is 4.68 Å². The Morgan fingerprint density at radius 2 is 1.78 bits per heavy atom. The van der Waals surface area contributed by atoms with Gasteiger partial charge in [0.25, 0.3) is 0 Å². The molecule has 1 fully saturated rings. The van der Waals surface area contributed by atoms with E-state index >= 15 is 0 Å². The molecule has 0 unspecified atom stereocenters.